The lowest BCUT2D eigenvalue weighted by molar-refractivity contribution is -0.137. The zero-order chi connectivity index (χ0) is 23.8. The fourth-order valence-electron chi connectivity index (χ4n) is 4.10. The maximum absolute atomic E-state index is 12.5. The predicted octanol–water partition coefficient (Wildman–Crippen LogP) is 3.04. The summed E-state index contributed by atoms with van der Waals surface area (Å²) in [5.74, 6) is -1.76. The highest BCUT2D eigenvalue weighted by atomic mass is 16.5. The molecule has 2 amide bonds. The molecule has 2 atom stereocenters. The van der Waals surface area contributed by atoms with Crippen LogP contribution in [0.1, 0.15) is 49.7 Å². The second-order valence-corrected chi connectivity index (χ2v) is 8.14. The lowest BCUT2D eigenvalue weighted by atomic mass is 9.98. The molecular formula is C25H30N2O6. The van der Waals surface area contributed by atoms with Crippen molar-refractivity contribution in [3.8, 4) is 11.1 Å². The van der Waals surface area contributed by atoms with Crippen molar-refractivity contribution in [2.75, 3.05) is 13.2 Å². The van der Waals surface area contributed by atoms with Crippen LogP contribution >= 0.6 is 0 Å². The average Bonchev–Trinajstić information content (AvgIpc) is 3.12. The highest BCUT2D eigenvalue weighted by Gasteiger charge is 2.30. The van der Waals surface area contributed by atoms with Gasteiger partial charge in [-0.25, -0.2) is 4.79 Å². The van der Waals surface area contributed by atoms with E-state index in [0.717, 1.165) is 28.7 Å². The van der Waals surface area contributed by atoms with Crippen molar-refractivity contribution in [3.63, 3.8) is 0 Å². The molecule has 0 heterocycles. The fourth-order valence-corrected chi connectivity index (χ4v) is 4.10. The largest absolute Gasteiger partial charge is 0.481 e. The van der Waals surface area contributed by atoms with Gasteiger partial charge >= 0.3 is 12.1 Å². The van der Waals surface area contributed by atoms with Gasteiger partial charge in [-0.1, -0.05) is 61.9 Å². The first-order valence-electron chi connectivity index (χ1n) is 11.2. The number of benzene rings is 2. The maximum Gasteiger partial charge on any atom is 0.407 e. The number of hydrogen-bond donors (Lipinski definition) is 4. The lowest BCUT2D eigenvalue weighted by Gasteiger charge is -2.20. The molecule has 33 heavy (non-hydrogen) atoms. The molecule has 176 valence electrons. The van der Waals surface area contributed by atoms with E-state index >= 15 is 0 Å². The van der Waals surface area contributed by atoms with Crippen molar-refractivity contribution in [1.82, 2.24) is 10.6 Å². The van der Waals surface area contributed by atoms with Gasteiger partial charge in [-0.3, -0.25) is 9.59 Å². The van der Waals surface area contributed by atoms with Gasteiger partial charge in [-0.05, 0) is 35.1 Å². The molecule has 4 N–H and O–H groups in total. The number of carbonyl (C=O) groups is 3. The minimum atomic E-state index is -1.08. The summed E-state index contributed by atoms with van der Waals surface area (Å²) in [6.45, 7) is 2.03. The van der Waals surface area contributed by atoms with Gasteiger partial charge in [-0.2, -0.15) is 0 Å². The molecule has 2 unspecified atom stereocenters. The van der Waals surface area contributed by atoms with Crippen molar-refractivity contribution in [1.29, 1.82) is 0 Å². The number of ether oxygens (including phenoxy) is 1. The second kappa shape index (κ2) is 11.5. The van der Waals surface area contributed by atoms with E-state index in [1.807, 2.05) is 55.5 Å². The molecule has 1 aliphatic carbocycles. The van der Waals surface area contributed by atoms with Crippen molar-refractivity contribution in [2.45, 2.75) is 50.7 Å². The van der Waals surface area contributed by atoms with Crippen LogP contribution in [0.3, 0.4) is 0 Å². The molecular weight excluding hydrogens is 424 g/mol. The first-order chi connectivity index (χ1) is 15.9. The predicted molar refractivity (Wildman–Crippen MR) is 123 cm³/mol. The van der Waals surface area contributed by atoms with Gasteiger partial charge < -0.3 is 25.6 Å². The zero-order valence-corrected chi connectivity index (χ0v) is 18.6. The van der Waals surface area contributed by atoms with Crippen LogP contribution in [0.4, 0.5) is 4.79 Å². The molecule has 0 saturated heterocycles. The van der Waals surface area contributed by atoms with Crippen molar-refractivity contribution in [3.05, 3.63) is 59.7 Å². The Balaban J connectivity index is 1.62. The van der Waals surface area contributed by atoms with Crippen molar-refractivity contribution in [2.24, 2.45) is 0 Å². The quantitative estimate of drug-likeness (QED) is 0.414. The third-order valence-corrected chi connectivity index (χ3v) is 5.73. The standard InChI is InChI=1S/C25H30N2O6/c1-2-7-16(28)14-26-24(31)22(12-13-23(29)30)27-25(32)33-15-21-19-10-5-3-8-17(19)18-9-4-6-11-20(18)21/h3-6,8-11,16,21-22,28H,2,7,12-15H2,1H3,(H,26,31)(H,27,32)(H,29,30). The summed E-state index contributed by atoms with van der Waals surface area (Å²) >= 11 is 0. The topological polar surface area (TPSA) is 125 Å². The third-order valence-electron chi connectivity index (χ3n) is 5.73. The summed E-state index contributed by atoms with van der Waals surface area (Å²) < 4.78 is 5.46. The second-order valence-electron chi connectivity index (χ2n) is 8.14. The summed E-state index contributed by atoms with van der Waals surface area (Å²) in [6.07, 6.45) is -0.587. The number of aliphatic hydroxyl groups excluding tert-OH is 1. The SMILES string of the molecule is CCCC(O)CNC(=O)C(CCC(=O)O)NC(=O)OCC1c2ccccc2-c2ccccc21. The van der Waals surface area contributed by atoms with Gasteiger partial charge in [0.15, 0.2) is 0 Å². The van der Waals surface area contributed by atoms with E-state index < -0.39 is 30.1 Å². The lowest BCUT2D eigenvalue weighted by Crippen LogP contribution is -2.48. The molecule has 0 bridgehead atoms. The van der Waals surface area contributed by atoms with Crippen LogP contribution < -0.4 is 10.6 Å². The van der Waals surface area contributed by atoms with Gasteiger partial charge in [-0.15, -0.1) is 0 Å². The number of carbonyl (C=O) groups excluding carboxylic acids is 2. The van der Waals surface area contributed by atoms with E-state index in [1.54, 1.807) is 0 Å². The normalized spacial score (nSPS) is 14.0. The minimum absolute atomic E-state index is 0.0304. The first kappa shape index (κ1) is 24.3. The van der Waals surface area contributed by atoms with Crippen LogP contribution in [-0.2, 0) is 14.3 Å². The zero-order valence-electron chi connectivity index (χ0n) is 18.6. The Morgan fingerprint density at radius 1 is 1.00 bits per heavy atom. The van der Waals surface area contributed by atoms with E-state index in [0.29, 0.717) is 6.42 Å². The average molecular weight is 455 g/mol. The number of carboxylic acids is 1. The molecule has 1 aliphatic rings. The number of hydrogen-bond acceptors (Lipinski definition) is 5. The van der Waals surface area contributed by atoms with Crippen molar-refractivity contribution >= 4 is 18.0 Å². The summed E-state index contributed by atoms with van der Waals surface area (Å²) in [6, 6.07) is 14.8. The highest BCUT2D eigenvalue weighted by molar-refractivity contribution is 5.86. The van der Waals surface area contributed by atoms with Crippen LogP contribution in [0.2, 0.25) is 0 Å². The first-order valence-corrected chi connectivity index (χ1v) is 11.2. The summed E-state index contributed by atoms with van der Waals surface area (Å²) in [5, 5.41) is 23.9. The number of nitrogens with one attached hydrogen (secondary N) is 2. The Labute approximate surface area is 193 Å². The van der Waals surface area contributed by atoms with Crippen LogP contribution in [0.5, 0.6) is 0 Å². The molecule has 8 heteroatoms. The van der Waals surface area contributed by atoms with Crippen LogP contribution in [0.25, 0.3) is 11.1 Å². The Morgan fingerprint density at radius 2 is 1.61 bits per heavy atom. The third kappa shape index (κ3) is 6.32. The molecule has 8 nitrogen and oxygen atoms in total. The van der Waals surface area contributed by atoms with Gasteiger partial charge in [0.2, 0.25) is 5.91 Å². The summed E-state index contributed by atoms with van der Waals surface area (Å²) in [5.41, 5.74) is 4.34. The molecule has 0 aromatic heterocycles. The molecule has 0 spiro atoms. The number of aliphatic carboxylic acids is 1. The molecule has 0 aliphatic heterocycles. The molecule has 0 fully saturated rings. The Morgan fingerprint density at radius 3 is 2.18 bits per heavy atom. The summed E-state index contributed by atoms with van der Waals surface area (Å²) in [4.78, 5) is 36.0. The number of aliphatic hydroxyl groups is 1. The van der Waals surface area contributed by atoms with E-state index in [4.69, 9.17) is 9.84 Å². The highest BCUT2D eigenvalue weighted by Crippen LogP contribution is 2.44. The molecule has 0 saturated carbocycles. The van der Waals surface area contributed by atoms with Crippen LogP contribution in [-0.4, -0.2) is 53.5 Å². The maximum atomic E-state index is 12.5. The molecule has 2 aromatic rings. The van der Waals surface area contributed by atoms with Crippen LogP contribution in [0.15, 0.2) is 48.5 Å². The van der Waals surface area contributed by atoms with E-state index in [-0.39, 0.29) is 31.9 Å². The number of fused-ring (bicyclic) bond motifs is 3. The molecule has 3 rings (SSSR count). The molecule has 0 radical (unpaired) electrons. The number of rotatable bonds is 11. The van der Waals surface area contributed by atoms with E-state index in [2.05, 4.69) is 10.6 Å². The minimum Gasteiger partial charge on any atom is -0.481 e. The van der Waals surface area contributed by atoms with E-state index in [1.165, 1.54) is 0 Å². The van der Waals surface area contributed by atoms with Crippen molar-refractivity contribution < 1.29 is 29.3 Å². The Hall–Kier alpha value is -3.39. The molecule has 2 aromatic carbocycles. The summed E-state index contributed by atoms with van der Waals surface area (Å²) in [7, 11) is 0. The van der Waals surface area contributed by atoms with Gasteiger partial charge in [0.05, 0.1) is 6.10 Å². The van der Waals surface area contributed by atoms with Gasteiger partial charge in [0.1, 0.15) is 12.6 Å². The number of amides is 2. The fraction of sp³-hybridized carbons (Fsp3) is 0.400. The number of alkyl carbamates (subject to hydrolysis) is 1. The number of carboxylic acid groups (broad SMARTS) is 1. The van der Waals surface area contributed by atoms with Gasteiger partial charge in [0.25, 0.3) is 0 Å². The smallest absolute Gasteiger partial charge is 0.407 e. The Kier molecular flexibility index (Phi) is 8.43. The Bertz CT molecular complexity index is 947. The van der Waals surface area contributed by atoms with E-state index in [9.17, 15) is 19.5 Å². The monoisotopic (exact) mass is 454 g/mol. The van der Waals surface area contributed by atoms with Gasteiger partial charge in [0, 0.05) is 18.9 Å². The van der Waals surface area contributed by atoms with Crippen LogP contribution in [0, 0.1) is 0 Å².